The van der Waals surface area contributed by atoms with Crippen LogP contribution in [0.1, 0.15) is 65.2 Å². The molecule has 0 aliphatic heterocycles. The molecule has 0 aromatic heterocycles. The van der Waals surface area contributed by atoms with Gasteiger partial charge in [0.1, 0.15) is 0 Å². The summed E-state index contributed by atoms with van der Waals surface area (Å²) in [5, 5.41) is 0. The van der Waals surface area contributed by atoms with Gasteiger partial charge in [-0.2, -0.15) is 0 Å². The predicted octanol–water partition coefficient (Wildman–Crippen LogP) is 3.27. The molecule has 0 spiro atoms. The molecular formula is C14H29NO2. The minimum atomic E-state index is -0.0424. The summed E-state index contributed by atoms with van der Waals surface area (Å²) in [6.45, 7) is 5.62. The van der Waals surface area contributed by atoms with Crippen molar-refractivity contribution in [1.29, 1.82) is 0 Å². The first-order valence-corrected chi connectivity index (χ1v) is 7.10. The number of nitrogens with two attached hydrogens (primary N) is 1. The molecule has 0 saturated carbocycles. The number of hydrogen-bond acceptors (Lipinski definition) is 3. The van der Waals surface area contributed by atoms with Crippen molar-refractivity contribution in [2.75, 3.05) is 13.2 Å². The molecule has 2 N–H and O–H groups in total. The van der Waals surface area contributed by atoms with E-state index in [4.69, 9.17) is 10.5 Å². The van der Waals surface area contributed by atoms with Crippen molar-refractivity contribution in [2.45, 2.75) is 65.2 Å². The Bertz CT molecular complexity index is 177. The molecule has 0 aromatic carbocycles. The van der Waals surface area contributed by atoms with E-state index in [1.54, 1.807) is 0 Å². The van der Waals surface area contributed by atoms with Crippen molar-refractivity contribution in [2.24, 2.45) is 11.7 Å². The Labute approximate surface area is 106 Å². The molecule has 0 amide bonds. The summed E-state index contributed by atoms with van der Waals surface area (Å²) in [6, 6.07) is 0. The molecule has 0 aliphatic carbocycles. The van der Waals surface area contributed by atoms with Crippen LogP contribution in [0.5, 0.6) is 0 Å². The Hall–Kier alpha value is -0.570. The maximum Gasteiger partial charge on any atom is 0.305 e. The van der Waals surface area contributed by atoms with E-state index in [-0.39, 0.29) is 5.97 Å². The van der Waals surface area contributed by atoms with Crippen molar-refractivity contribution >= 4 is 5.97 Å². The van der Waals surface area contributed by atoms with Gasteiger partial charge in [-0.15, -0.1) is 0 Å². The molecule has 0 aliphatic rings. The molecule has 3 nitrogen and oxygen atoms in total. The Morgan fingerprint density at radius 2 is 1.88 bits per heavy atom. The third-order valence-corrected chi connectivity index (χ3v) is 3.04. The Kier molecular flexibility index (Phi) is 11.5. The van der Waals surface area contributed by atoms with E-state index >= 15 is 0 Å². The number of carbonyl (C=O) groups is 1. The van der Waals surface area contributed by atoms with Crippen LogP contribution in [0.25, 0.3) is 0 Å². The number of rotatable bonds is 11. The van der Waals surface area contributed by atoms with Crippen LogP contribution in [0.2, 0.25) is 0 Å². The van der Waals surface area contributed by atoms with Crippen molar-refractivity contribution in [1.82, 2.24) is 0 Å². The molecule has 1 unspecified atom stereocenters. The normalized spacial score (nSPS) is 12.4. The molecular weight excluding hydrogens is 214 g/mol. The molecule has 0 bridgehead atoms. The highest BCUT2D eigenvalue weighted by Gasteiger charge is 2.10. The van der Waals surface area contributed by atoms with Gasteiger partial charge in [-0.25, -0.2) is 0 Å². The van der Waals surface area contributed by atoms with Crippen molar-refractivity contribution < 1.29 is 9.53 Å². The molecule has 0 fully saturated rings. The molecule has 0 saturated heterocycles. The van der Waals surface area contributed by atoms with Gasteiger partial charge in [0.25, 0.3) is 0 Å². The van der Waals surface area contributed by atoms with Gasteiger partial charge >= 0.3 is 5.97 Å². The molecule has 0 rings (SSSR count). The molecule has 1 atom stereocenters. The second-order valence-corrected chi connectivity index (χ2v) is 4.70. The van der Waals surface area contributed by atoms with E-state index in [9.17, 15) is 4.79 Å². The zero-order valence-corrected chi connectivity index (χ0v) is 11.5. The van der Waals surface area contributed by atoms with Gasteiger partial charge in [-0.05, 0) is 31.7 Å². The van der Waals surface area contributed by atoms with Crippen molar-refractivity contribution in [3.63, 3.8) is 0 Å². The van der Waals surface area contributed by atoms with Crippen LogP contribution in [0.4, 0.5) is 0 Å². The highest BCUT2D eigenvalue weighted by Crippen LogP contribution is 2.17. The average molecular weight is 243 g/mol. The lowest BCUT2D eigenvalue weighted by Crippen LogP contribution is -2.12. The smallest absolute Gasteiger partial charge is 0.305 e. The monoisotopic (exact) mass is 243 g/mol. The topological polar surface area (TPSA) is 52.3 Å². The largest absolute Gasteiger partial charge is 0.466 e. The van der Waals surface area contributed by atoms with E-state index in [2.05, 4.69) is 13.8 Å². The fourth-order valence-corrected chi connectivity index (χ4v) is 2.01. The van der Waals surface area contributed by atoms with Gasteiger partial charge in [-0.1, -0.05) is 39.5 Å². The van der Waals surface area contributed by atoms with E-state index < -0.39 is 0 Å². The van der Waals surface area contributed by atoms with Gasteiger partial charge < -0.3 is 10.5 Å². The highest BCUT2D eigenvalue weighted by molar-refractivity contribution is 5.69. The predicted molar refractivity (Wildman–Crippen MR) is 71.8 cm³/mol. The number of hydrogen-bond donors (Lipinski definition) is 1. The summed E-state index contributed by atoms with van der Waals surface area (Å²) >= 11 is 0. The van der Waals surface area contributed by atoms with Crippen LogP contribution in [-0.2, 0) is 9.53 Å². The second kappa shape index (κ2) is 11.9. The van der Waals surface area contributed by atoms with E-state index in [0.717, 1.165) is 45.1 Å². The van der Waals surface area contributed by atoms with Crippen LogP contribution in [0.3, 0.4) is 0 Å². The standard InChI is InChI=1S/C14H29NO2/c1-3-5-6-12-17-14(16)9-8-13(7-4-2)10-11-15/h13H,3-12,15H2,1-2H3. The number of carbonyl (C=O) groups excluding carboxylic acids is 1. The quantitative estimate of drug-likeness (QED) is 0.447. The molecule has 3 heteroatoms. The van der Waals surface area contributed by atoms with E-state index in [1.165, 1.54) is 6.42 Å². The van der Waals surface area contributed by atoms with Crippen LogP contribution in [-0.4, -0.2) is 19.1 Å². The molecule has 0 heterocycles. The first-order valence-electron chi connectivity index (χ1n) is 7.10. The minimum absolute atomic E-state index is 0.0424. The Balaban J connectivity index is 3.57. The molecule has 0 aromatic rings. The van der Waals surface area contributed by atoms with Gasteiger partial charge in [0.2, 0.25) is 0 Å². The second-order valence-electron chi connectivity index (χ2n) is 4.70. The fourth-order valence-electron chi connectivity index (χ4n) is 2.01. The molecule has 0 radical (unpaired) electrons. The Morgan fingerprint density at radius 1 is 1.12 bits per heavy atom. The van der Waals surface area contributed by atoms with Crippen molar-refractivity contribution in [3.8, 4) is 0 Å². The summed E-state index contributed by atoms with van der Waals surface area (Å²) < 4.78 is 5.18. The maximum absolute atomic E-state index is 11.5. The SMILES string of the molecule is CCCCCOC(=O)CCC(CCC)CCN. The van der Waals surface area contributed by atoms with Gasteiger partial charge in [0.15, 0.2) is 0 Å². The van der Waals surface area contributed by atoms with Gasteiger partial charge in [0, 0.05) is 6.42 Å². The first-order chi connectivity index (χ1) is 8.24. The summed E-state index contributed by atoms with van der Waals surface area (Å²) in [5.74, 6) is 0.549. The average Bonchev–Trinajstić information content (AvgIpc) is 2.32. The highest BCUT2D eigenvalue weighted by atomic mass is 16.5. The van der Waals surface area contributed by atoms with E-state index in [0.29, 0.717) is 18.9 Å². The molecule has 17 heavy (non-hydrogen) atoms. The zero-order valence-electron chi connectivity index (χ0n) is 11.5. The lowest BCUT2D eigenvalue weighted by atomic mass is 9.94. The van der Waals surface area contributed by atoms with Gasteiger partial charge in [-0.3, -0.25) is 4.79 Å². The van der Waals surface area contributed by atoms with Crippen molar-refractivity contribution in [3.05, 3.63) is 0 Å². The van der Waals surface area contributed by atoms with Gasteiger partial charge in [0.05, 0.1) is 6.61 Å². The summed E-state index contributed by atoms with van der Waals surface area (Å²) in [7, 11) is 0. The number of ether oxygens (including phenoxy) is 1. The minimum Gasteiger partial charge on any atom is -0.466 e. The summed E-state index contributed by atoms with van der Waals surface area (Å²) in [4.78, 5) is 11.5. The van der Waals surface area contributed by atoms with E-state index in [1.807, 2.05) is 0 Å². The van der Waals surface area contributed by atoms with Crippen LogP contribution < -0.4 is 5.73 Å². The van der Waals surface area contributed by atoms with Crippen LogP contribution >= 0.6 is 0 Å². The zero-order chi connectivity index (χ0) is 12.9. The third-order valence-electron chi connectivity index (χ3n) is 3.04. The third kappa shape index (κ3) is 10.3. The lowest BCUT2D eigenvalue weighted by molar-refractivity contribution is -0.144. The first kappa shape index (κ1) is 16.4. The molecule has 102 valence electrons. The van der Waals surface area contributed by atoms with Crippen LogP contribution in [0.15, 0.2) is 0 Å². The Morgan fingerprint density at radius 3 is 2.47 bits per heavy atom. The maximum atomic E-state index is 11.5. The fraction of sp³-hybridized carbons (Fsp3) is 0.929. The number of esters is 1. The summed E-state index contributed by atoms with van der Waals surface area (Å²) in [5.41, 5.74) is 5.56. The number of unbranched alkanes of at least 4 members (excludes halogenated alkanes) is 2. The summed E-state index contributed by atoms with van der Waals surface area (Å²) in [6.07, 6.45) is 8.12. The van der Waals surface area contributed by atoms with Crippen LogP contribution in [0, 0.1) is 5.92 Å². The lowest BCUT2D eigenvalue weighted by Gasteiger charge is -2.14.